The molecule has 3 heteroatoms. The van der Waals surface area contributed by atoms with Gasteiger partial charge in [-0.15, -0.1) is 11.3 Å². The first-order chi connectivity index (χ1) is 6.38. The lowest BCUT2D eigenvalue weighted by molar-refractivity contribution is 0.0490. The smallest absolute Gasteiger partial charge is 0.0943 e. The van der Waals surface area contributed by atoms with E-state index in [-0.39, 0.29) is 11.5 Å². The van der Waals surface area contributed by atoms with Gasteiger partial charge >= 0.3 is 0 Å². The van der Waals surface area contributed by atoms with Crippen LogP contribution in [0.3, 0.4) is 0 Å². The highest BCUT2D eigenvalue weighted by Crippen LogP contribution is 2.42. The van der Waals surface area contributed by atoms with Crippen LogP contribution in [0.15, 0.2) is 10.5 Å². The molecule has 1 aromatic rings. The molecule has 0 aromatic carbocycles. The summed E-state index contributed by atoms with van der Waals surface area (Å²) in [4.78, 5) is 2.28. The van der Waals surface area contributed by atoms with Crippen LogP contribution in [0.2, 0.25) is 0 Å². The number of halogens is 1. The van der Waals surface area contributed by atoms with Crippen molar-refractivity contribution >= 4 is 27.3 Å². The standard InChI is InChI=1S/C11H17BrOS/c1-5-11(3,4)10(13)9-8(12)6-7(2)14-9/h6,10,13H,5H2,1-4H3. The third-order valence-electron chi connectivity index (χ3n) is 2.74. The SMILES string of the molecule is CCC(C)(C)C(O)c1sc(C)cc1Br. The molecule has 1 heterocycles. The molecule has 1 unspecified atom stereocenters. The Bertz CT molecular complexity index is 317. The van der Waals surface area contributed by atoms with E-state index in [1.807, 2.05) is 0 Å². The van der Waals surface area contributed by atoms with Crippen molar-refractivity contribution in [1.29, 1.82) is 0 Å². The van der Waals surface area contributed by atoms with Gasteiger partial charge in [0.05, 0.1) is 6.10 Å². The van der Waals surface area contributed by atoms with E-state index in [1.54, 1.807) is 11.3 Å². The summed E-state index contributed by atoms with van der Waals surface area (Å²) >= 11 is 5.16. The lowest BCUT2D eigenvalue weighted by Gasteiger charge is -2.28. The lowest BCUT2D eigenvalue weighted by atomic mass is 9.83. The Morgan fingerprint density at radius 2 is 2.14 bits per heavy atom. The first-order valence-electron chi connectivity index (χ1n) is 4.82. The molecule has 0 saturated carbocycles. The molecule has 0 spiro atoms. The number of hydrogen-bond donors (Lipinski definition) is 1. The average Bonchev–Trinajstić information content (AvgIpc) is 2.44. The van der Waals surface area contributed by atoms with Crippen molar-refractivity contribution in [3.8, 4) is 0 Å². The number of aliphatic hydroxyl groups is 1. The first kappa shape index (κ1) is 12.2. The Balaban J connectivity index is 3.00. The molecule has 0 radical (unpaired) electrons. The molecule has 0 aliphatic carbocycles. The summed E-state index contributed by atoms with van der Waals surface area (Å²) in [6.45, 7) is 8.36. The second-order valence-electron chi connectivity index (χ2n) is 4.31. The largest absolute Gasteiger partial charge is 0.387 e. The van der Waals surface area contributed by atoms with Crippen LogP contribution in [0.1, 0.15) is 43.1 Å². The fourth-order valence-electron chi connectivity index (χ4n) is 1.24. The maximum Gasteiger partial charge on any atom is 0.0943 e. The molecule has 80 valence electrons. The molecule has 1 rings (SSSR count). The van der Waals surface area contributed by atoms with Gasteiger partial charge in [0.15, 0.2) is 0 Å². The van der Waals surface area contributed by atoms with Crippen molar-refractivity contribution in [2.75, 3.05) is 0 Å². The van der Waals surface area contributed by atoms with E-state index in [2.05, 4.69) is 49.7 Å². The van der Waals surface area contributed by atoms with Crippen molar-refractivity contribution in [3.05, 3.63) is 20.3 Å². The summed E-state index contributed by atoms with van der Waals surface area (Å²) in [5, 5.41) is 10.2. The van der Waals surface area contributed by atoms with Crippen LogP contribution in [-0.2, 0) is 0 Å². The average molecular weight is 277 g/mol. The van der Waals surface area contributed by atoms with Crippen LogP contribution in [0, 0.1) is 12.3 Å². The number of hydrogen-bond acceptors (Lipinski definition) is 2. The van der Waals surface area contributed by atoms with Gasteiger partial charge in [0, 0.05) is 14.2 Å². The monoisotopic (exact) mass is 276 g/mol. The van der Waals surface area contributed by atoms with Gasteiger partial charge in [-0.05, 0) is 40.8 Å². The third-order valence-corrected chi connectivity index (χ3v) is 4.76. The minimum absolute atomic E-state index is 0.0557. The Labute approximate surface area is 98.3 Å². The van der Waals surface area contributed by atoms with Gasteiger partial charge in [-0.25, -0.2) is 0 Å². The molecule has 0 aliphatic heterocycles. The summed E-state index contributed by atoms with van der Waals surface area (Å²) in [5.41, 5.74) is -0.0557. The third kappa shape index (κ3) is 2.38. The maximum absolute atomic E-state index is 10.2. The zero-order chi connectivity index (χ0) is 10.9. The van der Waals surface area contributed by atoms with Crippen molar-refractivity contribution in [2.45, 2.75) is 40.2 Å². The minimum Gasteiger partial charge on any atom is -0.387 e. The fraction of sp³-hybridized carbons (Fsp3) is 0.636. The van der Waals surface area contributed by atoms with Crippen molar-refractivity contribution in [1.82, 2.24) is 0 Å². The summed E-state index contributed by atoms with van der Waals surface area (Å²) < 4.78 is 1.04. The maximum atomic E-state index is 10.2. The zero-order valence-electron chi connectivity index (χ0n) is 9.10. The van der Waals surface area contributed by atoms with Gasteiger partial charge < -0.3 is 5.11 Å². The molecule has 1 N–H and O–H groups in total. The van der Waals surface area contributed by atoms with Gasteiger partial charge in [-0.2, -0.15) is 0 Å². The predicted molar refractivity (Wildman–Crippen MR) is 65.8 cm³/mol. The summed E-state index contributed by atoms with van der Waals surface area (Å²) in [6.07, 6.45) is 0.595. The molecule has 1 aromatic heterocycles. The first-order valence-corrected chi connectivity index (χ1v) is 6.43. The number of rotatable bonds is 3. The molecular formula is C11H17BrOS. The van der Waals surface area contributed by atoms with Gasteiger partial charge in [0.1, 0.15) is 0 Å². The van der Waals surface area contributed by atoms with Crippen LogP contribution in [0.5, 0.6) is 0 Å². The summed E-state index contributed by atoms with van der Waals surface area (Å²) in [7, 11) is 0. The highest BCUT2D eigenvalue weighted by atomic mass is 79.9. The molecule has 1 atom stereocenters. The van der Waals surface area contributed by atoms with E-state index in [9.17, 15) is 5.11 Å². The second-order valence-corrected chi connectivity index (χ2v) is 6.46. The normalized spacial score (nSPS) is 14.4. The van der Waals surface area contributed by atoms with Crippen LogP contribution in [0.25, 0.3) is 0 Å². The minimum atomic E-state index is -0.374. The van der Waals surface area contributed by atoms with Gasteiger partial charge in [0.2, 0.25) is 0 Å². The van der Waals surface area contributed by atoms with Crippen LogP contribution >= 0.6 is 27.3 Å². The van der Waals surface area contributed by atoms with E-state index in [4.69, 9.17) is 0 Å². The summed E-state index contributed by atoms with van der Waals surface area (Å²) in [5.74, 6) is 0. The van der Waals surface area contributed by atoms with Gasteiger partial charge in [-0.1, -0.05) is 20.8 Å². The number of aliphatic hydroxyl groups excluding tert-OH is 1. The number of thiophene rings is 1. The fourth-order valence-corrected chi connectivity index (χ4v) is 3.30. The topological polar surface area (TPSA) is 20.2 Å². The predicted octanol–water partition coefficient (Wildman–Crippen LogP) is 4.29. The summed E-state index contributed by atoms with van der Waals surface area (Å²) in [6, 6.07) is 2.06. The van der Waals surface area contributed by atoms with Crippen LogP contribution in [0.4, 0.5) is 0 Å². The highest BCUT2D eigenvalue weighted by Gasteiger charge is 2.29. The van der Waals surface area contributed by atoms with E-state index >= 15 is 0 Å². The molecule has 0 amide bonds. The molecule has 0 bridgehead atoms. The lowest BCUT2D eigenvalue weighted by Crippen LogP contribution is -2.20. The highest BCUT2D eigenvalue weighted by molar-refractivity contribution is 9.10. The molecule has 0 fully saturated rings. The van der Waals surface area contributed by atoms with Gasteiger partial charge in [-0.3, -0.25) is 0 Å². The molecule has 0 saturated heterocycles. The Hall–Kier alpha value is 0.140. The molecule has 0 aliphatic rings. The van der Waals surface area contributed by atoms with Crippen molar-refractivity contribution in [2.24, 2.45) is 5.41 Å². The van der Waals surface area contributed by atoms with Crippen molar-refractivity contribution in [3.63, 3.8) is 0 Å². The number of aryl methyl sites for hydroxylation is 1. The zero-order valence-corrected chi connectivity index (χ0v) is 11.5. The van der Waals surface area contributed by atoms with E-state index in [0.717, 1.165) is 15.8 Å². The van der Waals surface area contributed by atoms with E-state index in [0.29, 0.717) is 0 Å². The van der Waals surface area contributed by atoms with Crippen LogP contribution in [-0.4, -0.2) is 5.11 Å². The molecular weight excluding hydrogens is 260 g/mol. The Morgan fingerprint density at radius 3 is 2.50 bits per heavy atom. The van der Waals surface area contributed by atoms with E-state index in [1.165, 1.54) is 4.88 Å². The van der Waals surface area contributed by atoms with Crippen molar-refractivity contribution < 1.29 is 5.11 Å². The molecule has 1 nitrogen and oxygen atoms in total. The molecule has 14 heavy (non-hydrogen) atoms. The van der Waals surface area contributed by atoms with E-state index < -0.39 is 0 Å². The quantitative estimate of drug-likeness (QED) is 0.873. The Morgan fingerprint density at radius 1 is 1.57 bits per heavy atom. The van der Waals surface area contributed by atoms with Gasteiger partial charge in [0.25, 0.3) is 0 Å². The van der Waals surface area contributed by atoms with Crippen LogP contribution < -0.4 is 0 Å². The second kappa shape index (κ2) is 4.33. The Kier molecular flexibility index (Phi) is 3.78.